The number of anilines is 1. The minimum Gasteiger partial charge on any atom is -0.369 e. The molecule has 1 aromatic rings. The van der Waals surface area contributed by atoms with Crippen LogP contribution in [0.1, 0.15) is 13.8 Å². The molecule has 0 saturated carbocycles. The SMILES string of the molecule is CC(C)CN(CC(N)=O)CC(=O)N(C)c1ccccc1. The Hall–Kier alpha value is -1.88. The van der Waals surface area contributed by atoms with Gasteiger partial charge in [-0.05, 0) is 18.1 Å². The van der Waals surface area contributed by atoms with Gasteiger partial charge in [0.05, 0.1) is 13.1 Å². The number of carbonyl (C=O) groups is 2. The van der Waals surface area contributed by atoms with Gasteiger partial charge in [-0.25, -0.2) is 0 Å². The Bertz CT molecular complexity index is 446. The third-order valence-electron chi connectivity index (χ3n) is 2.88. The van der Waals surface area contributed by atoms with E-state index in [0.717, 1.165) is 5.69 Å². The average Bonchev–Trinajstić information content (AvgIpc) is 2.37. The van der Waals surface area contributed by atoms with Gasteiger partial charge in [-0.3, -0.25) is 14.5 Å². The second-order valence-electron chi connectivity index (χ2n) is 5.32. The quantitative estimate of drug-likeness (QED) is 0.811. The molecule has 0 aliphatic carbocycles. The van der Waals surface area contributed by atoms with Crippen LogP contribution in [0, 0.1) is 5.92 Å². The molecular weight excluding hydrogens is 254 g/mol. The number of nitrogens with two attached hydrogens (primary N) is 1. The fraction of sp³-hybridized carbons (Fsp3) is 0.467. The third-order valence-corrected chi connectivity index (χ3v) is 2.88. The summed E-state index contributed by atoms with van der Waals surface area (Å²) in [6.07, 6.45) is 0. The standard InChI is InChI=1S/C15H23N3O2/c1-12(2)9-18(10-14(16)19)11-15(20)17(3)13-7-5-4-6-8-13/h4-8,12H,9-11H2,1-3H3,(H2,16,19). The van der Waals surface area contributed by atoms with Crippen molar-refractivity contribution in [2.45, 2.75) is 13.8 Å². The first-order chi connectivity index (χ1) is 9.40. The van der Waals surface area contributed by atoms with Crippen LogP contribution in [0.15, 0.2) is 30.3 Å². The van der Waals surface area contributed by atoms with Crippen molar-refractivity contribution in [3.63, 3.8) is 0 Å². The highest BCUT2D eigenvalue weighted by atomic mass is 16.2. The Kier molecular flexibility index (Phi) is 6.18. The molecule has 0 heterocycles. The van der Waals surface area contributed by atoms with Crippen LogP contribution in [-0.2, 0) is 9.59 Å². The van der Waals surface area contributed by atoms with Crippen LogP contribution in [0.4, 0.5) is 5.69 Å². The zero-order chi connectivity index (χ0) is 15.1. The molecule has 0 aliphatic rings. The minimum absolute atomic E-state index is 0.0573. The van der Waals surface area contributed by atoms with E-state index in [0.29, 0.717) is 12.5 Å². The molecule has 110 valence electrons. The number of benzene rings is 1. The highest BCUT2D eigenvalue weighted by Crippen LogP contribution is 2.11. The first kappa shape index (κ1) is 16.2. The summed E-state index contributed by atoms with van der Waals surface area (Å²) < 4.78 is 0. The lowest BCUT2D eigenvalue weighted by Crippen LogP contribution is -2.43. The highest BCUT2D eigenvalue weighted by molar-refractivity contribution is 5.94. The van der Waals surface area contributed by atoms with E-state index in [1.165, 1.54) is 0 Å². The topological polar surface area (TPSA) is 66.6 Å². The number of carbonyl (C=O) groups excluding carboxylic acids is 2. The van der Waals surface area contributed by atoms with Crippen LogP contribution in [0.2, 0.25) is 0 Å². The number of hydrogen-bond acceptors (Lipinski definition) is 3. The normalized spacial score (nSPS) is 10.8. The summed E-state index contributed by atoms with van der Waals surface area (Å²) in [6, 6.07) is 9.42. The summed E-state index contributed by atoms with van der Waals surface area (Å²) in [7, 11) is 1.73. The molecule has 2 N–H and O–H groups in total. The van der Waals surface area contributed by atoms with Gasteiger partial charge in [-0.2, -0.15) is 0 Å². The molecule has 0 spiro atoms. The monoisotopic (exact) mass is 277 g/mol. The van der Waals surface area contributed by atoms with Crippen LogP contribution in [0.5, 0.6) is 0 Å². The third kappa shape index (κ3) is 5.40. The molecule has 0 bridgehead atoms. The van der Waals surface area contributed by atoms with Gasteiger partial charge in [0.15, 0.2) is 0 Å². The van der Waals surface area contributed by atoms with Crippen LogP contribution in [0.25, 0.3) is 0 Å². The van der Waals surface area contributed by atoms with Crippen molar-refractivity contribution in [3.8, 4) is 0 Å². The van der Waals surface area contributed by atoms with E-state index < -0.39 is 5.91 Å². The molecule has 0 radical (unpaired) electrons. The maximum absolute atomic E-state index is 12.2. The second-order valence-corrected chi connectivity index (χ2v) is 5.32. The number of para-hydroxylation sites is 1. The van der Waals surface area contributed by atoms with E-state index in [4.69, 9.17) is 5.73 Å². The average molecular weight is 277 g/mol. The summed E-state index contributed by atoms with van der Waals surface area (Å²) in [6.45, 7) is 5.04. The van der Waals surface area contributed by atoms with Crippen LogP contribution in [-0.4, -0.2) is 43.4 Å². The van der Waals surface area contributed by atoms with Gasteiger partial charge in [-0.1, -0.05) is 32.0 Å². The molecule has 5 heteroatoms. The Labute approximate surface area is 120 Å². The van der Waals surface area contributed by atoms with Gasteiger partial charge in [0.1, 0.15) is 0 Å². The Balaban J connectivity index is 2.67. The van der Waals surface area contributed by atoms with Crippen LogP contribution >= 0.6 is 0 Å². The summed E-state index contributed by atoms with van der Waals surface area (Å²) in [5.41, 5.74) is 6.06. The van der Waals surface area contributed by atoms with Crippen molar-refractivity contribution >= 4 is 17.5 Å². The van der Waals surface area contributed by atoms with Crippen molar-refractivity contribution in [1.82, 2.24) is 4.90 Å². The lowest BCUT2D eigenvalue weighted by molar-refractivity contribution is -0.122. The van der Waals surface area contributed by atoms with E-state index in [-0.39, 0.29) is 19.0 Å². The molecule has 0 fully saturated rings. The number of amides is 2. The van der Waals surface area contributed by atoms with Crippen molar-refractivity contribution < 1.29 is 9.59 Å². The van der Waals surface area contributed by atoms with Gasteiger partial charge in [0.25, 0.3) is 0 Å². The van der Waals surface area contributed by atoms with Crippen molar-refractivity contribution in [3.05, 3.63) is 30.3 Å². The maximum Gasteiger partial charge on any atom is 0.240 e. The first-order valence-electron chi connectivity index (χ1n) is 6.72. The predicted molar refractivity (Wildman–Crippen MR) is 80.3 cm³/mol. The minimum atomic E-state index is -0.416. The first-order valence-corrected chi connectivity index (χ1v) is 6.72. The number of rotatable bonds is 7. The van der Waals surface area contributed by atoms with Gasteiger partial charge < -0.3 is 10.6 Å². The van der Waals surface area contributed by atoms with Gasteiger partial charge >= 0.3 is 0 Å². The highest BCUT2D eigenvalue weighted by Gasteiger charge is 2.17. The molecule has 2 amide bonds. The van der Waals surface area contributed by atoms with Crippen molar-refractivity contribution in [1.29, 1.82) is 0 Å². The summed E-state index contributed by atoms with van der Waals surface area (Å²) >= 11 is 0. The summed E-state index contributed by atoms with van der Waals surface area (Å²) in [4.78, 5) is 26.7. The van der Waals surface area contributed by atoms with Crippen molar-refractivity contribution in [2.75, 3.05) is 31.6 Å². The Morgan fingerprint density at radius 1 is 1.15 bits per heavy atom. The number of nitrogens with zero attached hydrogens (tertiary/aromatic N) is 2. The Morgan fingerprint density at radius 3 is 2.25 bits per heavy atom. The lowest BCUT2D eigenvalue weighted by Gasteiger charge is -2.25. The van der Waals surface area contributed by atoms with Crippen LogP contribution < -0.4 is 10.6 Å². The van der Waals surface area contributed by atoms with E-state index >= 15 is 0 Å². The molecular formula is C15H23N3O2. The Morgan fingerprint density at radius 2 is 1.75 bits per heavy atom. The van der Waals surface area contributed by atoms with E-state index in [1.54, 1.807) is 16.8 Å². The fourth-order valence-corrected chi connectivity index (χ4v) is 2.01. The number of primary amides is 1. The van der Waals surface area contributed by atoms with Crippen molar-refractivity contribution in [2.24, 2.45) is 11.7 Å². The molecule has 1 aromatic carbocycles. The molecule has 0 saturated heterocycles. The largest absolute Gasteiger partial charge is 0.369 e. The van der Waals surface area contributed by atoms with Gasteiger partial charge in [0, 0.05) is 19.3 Å². The number of hydrogen-bond donors (Lipinski definition) is 1. The molecule has 5 nitrogen and oxygen atoms in total. The fourth-order valence-electron chi connectivity index (χ4n) is 2.01. The zero-order valence-electron chi connectivity index (χ0n) is 12.4. The molecule has 0 aromatic heterocycles. The molecule has 0 atom stereocenters. The summed E-state index contributed by atoms with van der Waals surface area (Å²) in [5.74, 6) is -0.108. The zero-order valence-corrected chi connectivity index (χ0v) is 12.4. The molecule has 0 aliphatic heterocycles. The smallest absolute Gasteiger partial charge is 0.240 e. The van der Waals surface area contributed by atoms with Gasteiger partial charge in [-0.15, -0.1) is 0 Å². The molecule has 0 unspecified atom stereocenters. The van der Waals surface area contributed by atoms with Crippen LogP contribution in [0.3, 0.4) is 0 Å². The lowest BCUT2D eigenvalue weighted by atomic mass is 10.2. The molecule has 1 rings (SSSR count). The van der Waals surface area contributed by atoms with E-state index in [1.807, 2.05) is 44.2 Å². The number of likely N-dealkylation sites (N-methyl/N-ethyl adjacent to an activating group) is 1. The summed E-state index contributed by atoms with van der Waals surface area (Å²) in [5, 5.41) is 0. The van der Waals surface area contributed by atoms with E-state index in [2.05, 4.69) is 0 Å². The van der Waals surface area contributed by atoms with E-state index in [9.17, 15) is 9.59 Å². The van der Waals surface area contributed by atoms with Gasteiger partial charge in [0.2, 0.25) is 11.8 Å². The maximum atomic E-state index is 12.2. The predicted octanol–water partition coefficient (Wildman–Crippen LogP) is 1.09. The second kappa shape index (κ2) is 7.65. The molecule has 20 heavy (non-hydrogen) atoms.